The van der Waals surface area contributed by atoms with Crippen molar-refractivity contribution in [3.8, 4) is 5.75 Å². The van der Waals surface area contributed by atoms with Crippen LogP contribution < -0.4 is 10.1 Å². The van der Waals surface area contributed by atoms with E-state index in [1.165, 1.54) is 36.4 Å². The third kappa shape index (κ3) is 4.48. The predicted molar refractivity (Wildman–Crippen MR) is 82.1 cm³/mol. The SMILES string of the molecule is CC(NC(=O)c1cccc([N+](=O)[O-])c1)c1ccc(OC(F)F)cc1. The first-order valence-corrected chi connectivity index (χ1v) is 6.97. The van der Waals surface area contributed by atoms with Gasteiger partial charge >= 0.3 is 6.61 Å². The molecule has 2 aromatic rings. The molecule has 2 aromatic carbocycles. The lowest BCUT2D eigenvalue weighted by atomic mass is 10.1. The van der Waals surface area contributed by atoms with E-state index in [0.29, 0.717) is 5.56 Å². The van der Waals surface area contributed by atoms with E-state index in [1.807, 2.05) is 0 Å². The number of nitrogens with one attached hydrogen (secondary N) is 1. The molecule has 1 atom stereocenters. The predicted octanol–water partition coefficient (Wildman–Crippen LogP) is 3.69. The van der Waals surface area contributed by atoms with Crippen LogP contribution in [-0.2, 0) is 0 Å². The van der Waals surface area contributed by atoms with Gasteiger partial charge < -0.3 is 10.1 Å². The molecule has 0 aliphatic rings. The molecule has 0 radical (unpaired) electrons. The Kier molecular flexibility index (Phi) is 5.41. The fourth-order valence-electron chi connectivity index (χ4n) is 2.06. The van der Waals surface area contributed by atoms with Gasteiger partial charge in [-0.05, 0) is 30.7 Å². The minimum atomic E-state index is -2.90. The normalized spacial score (nSPS) is 11.8. The van der Waals surface area contributed by atoms with Crippen molar-refractivity contribution in [1.29, 1.82) is 0 Å². The summed E-state index contributed by atoms with van der Waals surface area (Å²) in [6.07, 6.45) is 0. The van der Waals surface area contributed by atoms with Crippen LogP contribution in [0.2, 0.25) is 0 Å². The molecule has 8 heteroatoms. The third-order valence-electron chi connectivity index (χ3n) is 3.27. The number of nitro groups is 1. The Morgan fingerprint density at radius 1 is 1.21 bits per heavy atom. The summed E-state index contributed by atoms with van der Waals surface area (Å²) in [6, 6.07) is 10.8. The van der Waals surface area contributed by atoms with Gasteiger partial charge in [0.2, 0.25) is 0 Å². The van der Waals surface area contributed by atoms with E-state index >= 15 is 0 Å². The van der Waals surface area contributed by atoms with Crippen molar-refractivity contribution < 1.29 is 23.2 Å². The first kappa shape index (κ1) is 17.3. The molecule has 1 unspecified atom stereocenters. The Labute approximate surface area is 136 Å². The van der Waals surface area contributed by atoms with Gasteiger partial charge in [-0.1, -0.05) is 18.2 Å². The van der Waals surface area contributed by atoms with Gasteiger partial charge in [0.25, 0.3) is 11.6 Å². The fraction of sp³-hybridized carbons (Fsp3) is 0.188. The molecule has 1 amide bonds. The number of hydrogen-bond acceptors (Lipinski definition) is 4. The zero-order valence-electron chi connectivity index (χ0n) is 12.6. The number of rotatable bonds is 6. The molecule has 0 aliphatic heterocycles. The van der Waals surface area contributed by atoms with Crippen molar-refractivity contribution in [2.75, 3.05) is 0 Å². The maximum absolute atomic E-state index is 12.2. The van der Waals surface area contributed by atoms with Gasteiger partial charge in [-0.15, -0.1) is 0 Å². The number of halogens is 2. The van der Waals surface area contributed by atoms with Crippen molar-refractivity contribution in [3.05, 3.63) is 69.8 Å². The highest BCUT2D eigenvalue weighted by Crippen LogP contribution is 2.20. The van der Waals surface area contributed by atoms with Crippen LogP contribution in [0.3, 0.4) is 0 Å². The molecular formula is C16H14F2N2O4. The maximum Gasteiger partial charge on any atom is 0.387 e. The standard InChI is InChI=1S/C16H14F2N2O4/c1-10(11-5-7-14(8-6-11)24-16(17)18)19-15(21)12-3-2-4-13(9-12)20(22)23/h2-10,16H,1H3,(H,19,21). The van der Waals surface area contributed by atoms with Crippen molar-refractivity contribution in [2.24, 2.45) is 0 Å². The van der Waals surface area contributed by atoms with E-state index in [2.05, 4.69) is 10.1 Å². The van der Waals surface area contributed by atoms with Crippen LogP contribution in [0.5, 0.6) is 5.75 Å². The number of hydrogen-bond donors (Lipinski definition) is 1. The minimum absolute atomic E-state index is 0.0194. The van der Waals surface area contributed by atoms with Crippen LogP contribution in [0.25, 0.3) is 0 Å². The van der Waals surface area contributed by atoms with Crippen molar-refractivity contribution in [3.63, 3.8) is 0 Å². The van der Waals surface area contributed by atoms with Crippen molar-refractivity contribution >= 4 is 11.6 Å². The minimum Gasteiger partial charge on any atom is -0.435 e. The first-order chi connectivity index (χ1) is 11.4. The monoisotopic (exact) mass is 336 g/mol. The summed E-state index contributed by atoms with van der Waals surface area (Å²) in [5, 5.41) is 13.4. The second kappa shape index (κ2) is 7.49. The highest BCUT2D eigenvalue weighted by atomic mass is 19.3. The zero-order chi connectivity index (χ0) is 17.7. The number of benzene rings is 2. The number of carbonyl (C=O) groups excluding carboxylic acids is 1. The molecule has 0 heterocycles. The van der Waals surface area contributed by atoms with Crippen LogP contribution in [0, 0.1) is 10.1 Å². The lowest BCUT2D eigenvalue weighted by Crippen LogP contribution is -2.26. The smallest absolute Gasteiger partial charge is 0.387 e. The van der Waals surface area contributed by atoms with Gasteiger partial charge in [0.1, 0.15) is 5.75 Å². The topological polar surface area (TPSA) is 81.5 Å². The average molecular weight is 336 g/mol. The number of nitro benzene ring substituents is 1. The zero-order valence-corrected chi connectivity index (χ0v) is 12.6. The van der Waals surface area contributed by atoms with Gasteiger partial charge in [0.15, 0.2) is 0 Å². The fourth-order valence-corrected chi connectivity index (χ4v) is 2.06. The quantitative estimate of drug-likeness (QED) is 0.644. The summed E-state index contributed by atoms with van der Waals surface area (Å²) in [7, 11) is 0. The highest BCUT2D eigenvalue weighted by Gasteiger charge is 2.15. The molecule has 0 saturated carbocycles. The maximum atomic E-state index is 12.2. The van der Waals surface area contributed by atoms with Crippen LogP contribution in [-0.4, -0.2) is 17.4 Å². The molecule has 0 bridgehead atoms. The first-order valence-electron chi connectivity index (χ1n) is 6.97. The second-order valence-electron chi connectivity index (χ2n) is 4.95. The number of ether oxygens (including phenoxy) is 1. The Balaban J connectivity index is 2.05. The van der Waals surface area contributed by atoms with Crippen molar-refractivity contribution in [2.45, 2.75) is 19.6 Å². The number of non-ortho nitro benzene ring substituents is 1. The van der Waals surface area contributed by atoms with E-state index in [4.69, 9.17) is 0 Å². The molecule has 0 aliphatic carbocycles. The van der Waals surface area contributed by atoms with Gasteiger partial charge in [-0.3, -0.25) is 14.9 Å². The molecule has 6 nitrogen and oxygen atoms in total. The summed E-state index contributed by atoms with van der Waals surface area (Å²) in [4.78, 5) is 22.3. The molecule has 0 spiro atoms. The largest absolute Gasteiger partial charge is 0.435 e. The van der Waals surface area contributed by atoms with Crippen LogP contribution in [0.1, 0.15) is 28.9 Å². The van der Waals surface area contributed by atoms with Gasteiger partial charge in [0, 0.05) is 17.7 Å². The molecule has 0 aromatic heterocycles. The summed E-state index contributed by atoms with van der Waals surface area (Å²) in [5.41, 5.74) is 0.660. The molecule has 1 N–H and O–H groups in total. The van der Waals surface area contributed by atoms with Crippen molar-refractivity contribution in [1.82, 2.24) is 5.32 Å². The summed E-state index contributed by atoms with van der Waals surface area (Å²) < 4.78 is 28.5. The summed E-state index contributed by atoms with van der Waals surface area (Å²) in [5.74, 6) is -0.454. The van der Waals surface area contributed by atoms with E-state index in [9.17, 15) is 23.7 Å². The summed E-state index contributed by atoms with van der Waals surface area (Å²) >= 11 is 0. The molecule has 126 valence electrons. The van der Waals surface area contributed by atoms with Crippen LogP contribution >= 0.6 is 0 Å². The highest BCUT2D eigenvalue weighted by molar-refractivity contribution is 5.95. The van der Waals surface area contributed by atoms with Gasteiger partial charge in [-0.2, -0.15) is 8.78 Å². The Bertz CT molecular complexity index is 735. The second-order valence-corrected chi connectivity index (χ2v) is 4.95. The Morgan fingerprint density at radius 2 is 1.88 bits per heavy atom. The Hall–Kier alpha value is -3.03. The number of nitrogens with zero attached hydrogens (tertiary/aromatic N) is 1. The molecule has 24 heavy (non-hydrogen) atoms. The van der Waals surface area contributed by atoms with E-state index in [-0.39, 0.29) is 17.0 Å². The molecular weight excluding hydrogens is 322 g/mol. The van der Waals surface area contributed by atoms with E-state index < -0.39 is 23.5 Å². The Morgan fingerprint density at radius 3 is 2.46 bits per heavy atom. The van der Waals surface area contributed by atoms with E-state index in [1.54, 1.807) is 19.1 Å². The van der Waals surface area contributed by atoms with Crippen LogP contribution in [0.4, 0.5) is 14.5 Å². The molecule has 0 fully saturated rings. The number of alkyl halides is 2. The van der Waals surface area contributed by atoms with Crippen LogP contribution in [0.15, 0.2) is 48.5 Å². The lowest BCUT2D eigenvalue weighted by molar-refractivity contribution is -0.384. The number of amides is 1. The third-order valence-corrected chi connectivity index (χ3v) is 3.27. The molecule has 0 saturated heterocycles. The molecule has 2 rings (SSSR count). The number of carbonyl (C=O) groups is 1. The lowest BCUT2D eigenvalue weighted by Gasteiger charge is -2.15. The van der Waals surface area contributed by atoms with E-state index in [0.717, 1.165) is 0 Å². The van der Waals surface area contributed by atoms with Gasteiger partial charge in [0.05, 0.1) is 11.0 Å². The van der Waals surface area contributed by atoms with Gasteiger partial charge in [-0.25, -0.2) is 0 Å². The average Bonchev–Trinajstić information content (AvgIpc) is 2.55. The summed E-state index contributed by atoms with van der Waals surface area (Å²) in [6.45, 7) is -1.19.